The van der Waals surface area contributed by atoms with E-state index in [1.165, 1.54) is 31.1 Å². The maximum atomic E-state index is 12.4. The number of amides is 1. The van der Waals surface area contributed by atoms with Crippen molar-refractivity contribution >= 4 is 17.7 Å². The molecule has 0 heterocycles. The predicted octanol–water partition coefficient (Wildman–Crippen LogP) is 2.50. The third kappa shape index (κ3) is 5.47. The molecule has 0 N–H and O–H groups in total. The van der Waals surface area contributed by atoms with Gasteiger partial charge >= 0.3 is 5.97 Å². The molecule has 1 amide bonds. The van der Waals surface area contributed by atoms with Crippen LogP contribution in [0.4, 0.5) is 0 Å². The van der Waals surface area contributed by atoms with Crippen molar-refractivity contribution in [2.45, 2.75) is 44.6 Å². The van der Waals surface area contributed by atoms with Crippen molar-refractivity contribution in [2.24, 2.45) is 0 Å². The lowest BCUT2D eigenvalue weighted by molar-refractivity contribution is -0.155. The minimum atomic E-state index is -0.829. The maximum Gasteiger partial charge on any atom is 0.344 e. The van der Waals surface area contributed by atoms with Crippen molar-refractivity contribution in [3.05, 3.63) is 23.8 Å². The molecule has 29 heavy (non-hydrogen) atoms. The topological polar surface area (TPSA) is 106 Å². The van der Waals surface area contributed by atoms with E-state index in [-0.39, 0.29) is 11.5 Å². The average molecular weight is 402 g/mol. The van der Waals surface area contributed by atoms with Crippen LogP contribution in [0.3, 0.4) is 0 Å². The number of carbonyl (C=O) groups is 3. The summed E-state index contributed by atoms with van der Waals surface area (Å²) in [5, 5.41) is 9.55. The highest BCUT2D eigenvalue weighted by atomic mass is 16.6. The molecule has 0 saturated heterocycles. The Hall–Kier alpha value is -3.08. The number of hydrogen-bond acceptors (Lipinski definition) is 7. The summed E-state index contributed by atoms with van der Waals surface area (Å²) < 4.78 is 15.6. The van der Waals surface area contributed by atoms with Gasteiger partial charge in [-0.25, -0.2) is 4.79 Å². The number of ether oxygens (including phenoxy) is 3. The van der Waals surface area contributed by atoms with Crippen LogP contribution in [0.1, 0.15) is 49.4 Å². The van der Waals surface area contributed by atoms with Crippen molar-refractivity contribution in [2.75, 3.05) is 27.4 Å². The minimum Gasteiger partial charge on any atom is -0.493 e. The van der Waals surface area contributed by atoms with Gasteiger partial charge in [0.15, 0.2) is 30.5 Å². The Kier molecular flexibility index (Phi) is 7.59. The number of methoxy groups -OCH3 is 1. The van der Waals surface area contributed by atoms with E-state index in [4.69, 9.17) is 14.2 Å². The quantitative estimate of drug-likeness (QED) is 0.486. The first-order valence-corrected chi connectivity index (χ1v) is 9.48. The van der Waals surface area contributed by atoms with Gasteiger partial charge in [-0.05, 0) is 38.0 Å². The van der Waals surface area contributed by atoms with Crippen molar-refractivity contribution in [3.8, 4) is 17.6 Å². The van der Waals surface area contributed by atoms with Gasteiger partial charge in [0.1, 0.15) is 5.54 Å². The highest BCUT2D eigenvalue weighted by Gasteiger charge is 2.39. The Balaban J connectivity index is 1.87. The second-order valence-electron chi connectivity index (χ2n) is 7.03. The Labute approximate surface area is 170 Å². The molecule has 1 fully saturated rings. The van der Waals surface area contributed by atoms with Gasteiger partial charge in [-0.1, -0.05) is 19.3 Å². The fourth-order valence-corrected chi connectivity index (χ4v) is 3.32. The van der Waals surface area contributed by atoms with E-state index in [1.807, 2.05) is 0 Å². The normalized spacial score (nSPS) is 15.0. The number of hydrogen-bond donors (Lipinski definition) is 0. The van der Waals surface area contributed by atoms with Crippen LogP contribution in [-0.4, -0.2) is 55.5 Å². The number of Topliss-reactive ketones (excluding diaryl/α,β-unsaturated/α-hetero) is 1. The molecule has 0 bridgehead atoms. The van der Waals surface area contributed by atoms with Crippen LogP contribution in [0.2, 0.25) is 0 Å². The largest absolute Gasteiger partial charge is 0.493 e. The van der Waals surface area contributed by atoms with E-state index in [9.17, 15) is 19.6 Å². The first-order valence-electron chi connectivity index (χ1n) is 9.48. The number of likely N-dealkylation sites (N-methyl/N-ethyl adjacent to an activating group) is 1. The molecule has 0 atom stereocenters. The lowest BCUT2D eigenvalue weighted by Crippen LogP contribution is -2.51. The molecule has 2 rings (SSSR count). The molecule has 1 aliphatic rings. The van der Waals surface area contributed by atoms with Crippen LogP contribution in [0.25, 0.3) is 0 Å². The molecule has 8 heteroatoms. The highest BCUT2D eigenvalue weighted by Crippen LogP contribution is 2.32. The second kappa shape index (κ2) is 9.92. The zero-order chi connectivity index (χ0) is 21.4. The van der Waals surface area contributed by atoms with Crippen LogP contribution < -0.4 is 9.47 Å². The maximum absolute atomic E-state index is 12.4. The number of carbonyl (C=O) groups excluding carboxylic acids is 3. The molecule has 0 spiro atoms. The number of esters is 1. The Bertz CT molecular complexity index is 808. The number of ketones is 1. The van der Waals surface area contributed by atoms with Gasteiger partial charge in [0.05, 0.1) is 13.2 Å². The van der Waals surface area contributed by atoms with E-state index in [0.29, 0.717) is 24.2 Å². The molecule has 0 aliphatic heterocycles. The standard InChI is InChI=1S/C21H26N2O6/c1-15(24)16-7-8-17(18(11-16)27-3)28-13-20(26)29-12-19(25)23(2)21(14-22)9-5-4-6-10-21/h7-8,11H,4-6,9-10,12-13H2,1-3H3. The van der Waals surface area contributed by atoms with Gasteiger partial charge in [-0.2, -0.15) is 5.26 Å². The summed E-state index contributed by atoms with van der Waals surface area (Å²) in [5.74, 6) is -0.674. The second-order valence-corrected chi connectivity index (χ2v) is 7.03. The van der Waals surface area contributed by atoms with Crippen LogP contribution in [-0.2, 0) is 14.3 Å². The zero-order valence-electron chi connectivity index (χ0n) is 17.0. The summed E-state index contributed by atoms with van der Waals surface area (Å²) >= 11 is 0. The van der Waals surface area contributed by atoms with Gasteiger partial charge < -0.3 is 19.1 Å². The average Bonchev–Trinajstić information content (AvgIpc) is 2.75. The van der Waals surface area contributed by atoms with Crippen LogP contribution >= 0.6 is 0 Å². The molecule has 1 aromatic carbocycles. The summed E-state index contributed by atoms with van der Waals surface area (Å²) in [5.41, 5.74) is -0.371. The monoisotopic (exact) mass is 402 g/mol. The molecule has 1 aromatic rings. The lowest BCUT2D eigenvalue weighted by atomic mass is 9.81. The summed E-state index contributed by atoms with van der Waals surface area (Å²) in [6.45, 7) is 0.559. The molecule has 0 aromatic heterocycles. The fourth-order valence-electron chi connectivity index (χ4n) is 3.32. The molecule has 0 unspecified atom stereocenters. The smallest absolute Gasteiger partial charge is 0.344 e. The van der Waals surface area contributed by atoms with Crippen molar-refractivity contribution in [1.82, 2.24) is 4.90 Å². The van der Waals surface area contributed by atoms with Crippen LogP contribution in [0.5, 0.6) is 11.5 Å². The predicted molar refractivity (Wildman–Crippen MR) is 104 cm³/mol. The Morgan fingerprint density at radius 1 is 1.14 bits per heavy atom. The summed E-state index contributed by atoms with van der Waals surface area (Å²) in [4.78, 5) is 37.2. The molecule has 0 radical (unpaired) electrons. The number of benzene rings is 1. The molecule has 156 valence electrons. The van der Waals surface area contributed by atoms with Gasteiger partial charge in [-0.15, -0.1) is 0 Å². The van der Waals surface area contributed by atoms with Crippen LogP contribution in [0.15, 0.2) is 18.2 Å². The summed E-state index contributed by atoms with van der Waals surface area (Å²) in [6, 6.07) is 6.87. The van der Waals surface area contributed by atoms with E-state index in [1.54, 1.807) is 13.1 Å². The third-order valence-electron chi connectivity index (χ3n) is 5.18. The van der Waals surface area contributed by atoms with Crippen molar-refractivity contribution in [1.29, 1.82) is 5.26 Å². The minimum absolute atomic E-state index is 0.120. The highest BCUT2D eigenvalue weighted by molar-refractivity contribution is 5.94. The van der Waals surface area contributed by atoms with Gasteiger partial charge in [-0.3, -0.25) is 9.59 Å². The van der Waals surface area contributed by atoms with E-state index in [2.05, 4.69) is 6.07 Å². The lowest BCUT2D eigenvalue weighted by Gasteiger charge is -2.38. The fraction of sp³-hybridized carbons (Fsp3) is 0.524. The SMILES string of the molecule is COc1cc(C(C)=O)ccc1OCC(=O)OCC(=O)N(C)C1(C#N)CCCCC1. The third-order valence-corrected chi connectivity index (χ3v) is 5.18. The molecular formula is C21H26N2O6. The first kappa shape index (κ1) is 22.2. The molecule has 1 aliphatic carbocycles. The summed E-state index contributed by atoms with van der Waals surface area (Å²) in [7, 11) is 3.00. The zero-order valence-corrected chi connectivity index (χ0v) is 17.0. The Morgan fingerprint density at radius 2 is 1.83 bits per heavy atom. The van der Waals surface area contributed by atoms with E-state index in [0.717, 1.165) is 19.3 Å². The molecular weight excluding hydrogens is 376 g/mol. The van der Waals surface area contributed by atoms with Crippen LogP contribution in [0, 0.1) is 11.3 Å². The molecule has 8 nitrogen and oxygen atoms in total. The van der Waals surface area contributed by atoms with Gasteiger partial charge in [0, 0.05) is 12.6 Å². The van der Waals surface area contributed by atoms with E-state index >= 15 is 0 Å². The van der Waals surface area contributed by atoms with Crippen molar-refractivity contribution in [3.63, 3.8) is 0 Å². The number of nitriles is 1. The summed E-state index contributed by atoms with van der Waals surface area (Å²) in [6.07, 6.45) is 4.08. The first-order chi connectivity index (χ1) is 13.8. The Morgan fingerprint density at radius 3 is 2.41 bits per heavy atom. The van der Waals surface area contributed by atoms with E-state index < -0.39 is 30.6 Å². The number of nitrogens with zero attached hydrogens (tertiary/aromatic N) is 2. The number of rotatable bonds is 8. The van der Waals surface area contributed by atoms with Gasteiger partial charge in [0.25, 0.3) is 5.91 Å². The molecule has 1 saturated carbocycles. The van der Waals surface area contributed by atoms with Crippen molar-refractivity contribution < 1.29 is 28.6 Å². The van der Waals surface area contributed by atoms with Gasteiger partial charge in [0.2, 0.25) is 0 Å².